The normalized spacial score (nSPS) is 23.5. The summed E-state index contributed by atoms with van der Waals surface area (Å²) in [6.45, 7) is 0. The lowest BCUT2D eigenvalue weighted by atomic mass is 10.1. The van der Waals surface area contributed by atoms with Crippen LogP contribution in [-0.2, 0) is 14.6 Å². The van der Waals surface area contributed by atoms with Crippen LogP contribution in [0.5, 0.6) is 0 Å². The highest BCUT2D eigenvalue weighted by Gasteiger charge is 2.63. The van der Waals surface area contributed by atoms with E-state index in [0.717, 1.165) is 0 Å². The summed E-state index contributed by atoms with van der Waals surface area (Å²) in [6.07, 6.45) is 0. The van der Waals surface area contributed by atoms with E-state index in [9.17, 15) is 22.7 Å². The summed E-state index contributed by atoms with van der Waals surface area (Å²) in [5, 5.41) is 8.58. The van der Waals surface area contributed by atoms with Crippen LogP contribution >= 0.6 is 11.6 Å². The van der Waals surface area contributed by atoms with Crippen LogP contribution in [0.1, 0.15) is 11.5 Å². The molecule has 1 fully saturated rings. The van der Waals surface area contributed by atoms with E-state index in [1.54, 1.807) is 6.07 Å². The molecule has 3 rings (SSSR count). The summed E-state index contributed by atoms with van der Waals surface area (Å²) in [5.74, 6) is -3.58. The fourth-order valence-corrected chi connectivity index (χ4v) is 5.10. The third-order valence-corrected chi connectivity index (χ3v) is 6.46. The van der Waals surface area contributed by atoms with E-state index in [-0.39, 0.29) is 4.90 Å². The summed E-state index contributed by atoms with van der Waals surface area (Å²) in [7, 11) is -3.85. The number of carboxylic acids is 1. The minimum absolute atomic E-state index is 0.0112. The maximum atomic E-state index is 13.4. The molecule has 1 N–H and O–H groups in total. The van der Waals surface area contributed by atoms with Crippen LogP contribution in [0.4, 0.5) is 4.39 Å². The summed E-state index contributed by atoms with van der Waals surface area (Å²) < 4.78 is 38.7. The monoisotopic (exact) mass is 354 g/mol. The second-order valence-electron chi connectivity index (χ2n) is 5.41. The standard InChI is InChI=1S/C16H12ClFO4S/c17-10-4-6-12(7-5-10)23(21,22)15-13(14(15)16(19)20)9-2-1-3-11(18)8-9/h1-8,13-15H,(H,19,20)/t13-,14-,15+/m1/s1. The van der Waals surface area contributed by atoms with Crippen molar-refractivity contribution in [2.24, 2.45) is 5.92 Å². The molecule has 23 heavy (non-hydrogen) atoms. The molecule has 0 aromatic heterocycles. The first-order chi connectivity index (χ1) is 10.8. The highest BCUT2D eigenvalue weighted by atomic mass is 35.5. The zero-order valence-corrected chi connectivity index (χ0v) is 13.3. The molecule has 2 aromatic carbocycles. The molecule has 1 aliphatic rings. The summed E-state index contributed by atoms with van der Waals surface area (Å²) in [4.78, 5) is 11.4. The number of hydrogen-bond donors (Lipinski definition) is 1. The predicted molar refractivity (Wildman–Crippen MR) is 82.7 cm³/mol. The number of sulfone groups is 1. The molecular formula is C16H12ClFO4S. The molecule has 2 aromatic rings. The molecular weight excluding hydrogens is 343 g/mol. The highest BCUT2D eigenvalue weighted by Crippen LogP contribution is 2.54. The van der Waals surface area contributed by atoms with Gasteiger partial charge in [0.15, 0.2) is 9.84 Å². The zero-order chi connectivity index (χ0) is 16.8. The van der Waals surface area contributed by atoms with E-state index in [0.29, 0.717) is 10.6 Å². The van der Waals surface area contributed by atoms with Crippen LogP contribution in [-0.4, -0.2) is 24.7 Å². The molecule has 1 saturated carbocycles. The third kappa shape index (κ3) is 2.84. The Labute approximate surface area is 137 Å². The van der Waals surface area contributed by atoms with Gasteiger partial charge in [-0.05, 0) is 42.0 Å². The van der Waals surface area contributed by atoms with Gasteiger partial charge in [-0.1, -0.05) is 23.7 Å². The van der Waals surface area contributed by atoms with Gasteiger partial charge in [-0.3, -0.25) is 4.79 Å². The third-order valence-electron chi connectivity index (χ3n) is 3.97. The van der Waals surface area contributed by atoms with Crippen LogP contribution in [0, 0.1) is 11.7 Å². The molecule has 4 nitrogen and oxygen atoms in total. The zero-order valence-electron chi connectivity index (χ0n) is 11.7. The molecule has 0 aliphatic heterocycles. The lowest BCUT2D eigenvalue weighted by Gasteiger charge is -2.04. The summed E-state index contributed by atoms with van der Waals surface area (Å²) in [5.41, 5.74) is 0.375. The van der Waals surface area contributed by atoms with Gasteiger partial charge in [0.05, 0.1) is 16.1 Å². The average molecular weight is 355 g/mol. The number of carbonyl (C=O) groups is 1. The van der Waals surface area contributed by atoms with Gasteiger partial charge in [0.1, 0.15) is 5.82 Å². The van der Waals surface area contributed by atoms with Gasteiger partial charge in [-0.15, -0.1) is 0 Å². The summed E-state index contributed by atoms with van der Waals surface area (Å²) >= 11 is 5.75. The van der Waals surface area contributed by atoms with Gasteiger partial charge in [0.2, 0.25) is 0 Å². The molecule has 0 heterocycles. The van der Waals surface area contributed by atoms with Crippen LogP contribution in [0.3, 0.4) is 0 Å². The van der Waals surface area contributed by atoms with Gasteiger partial charge in [0, 0.05) is 10.9 Å². The Morgan fingerprint density at radius 2 is 1.78 bits per heavy atom. The number of benzene rings is 2. The van der Waals surface area contributed by atoms with Crippen LogP contribution < -0.4 is 0 Å². The highest BCUT2D eigenvalue weighted by molar-refractivity contribution is 7.92. The Morgan fingerprint density at radius 3 is 2.35 bits per heavy atom. The minimum atomic E-state index is -3.85. The van der Waals surface area contributed by atoms with Crippen molar-refractivity contribution in [1.82, 2.24) is 0 Å². The van der Waals surface area contributed by atoms with Crippen molar-refractivity contribution in [2.45, 2.75) is 16.1 Å². The topological polar surface area (TPSA) is 71.4 Å². The van der Waals surface area contributed by atoms with E-state index < -0.39 is 38.7 Å². The quantitative estimate of drug-likeness (QED) is 0.915. The largest absolute Gasteiger partial charge is 0.481 e. The molecule has 3 atom stereocenters. The van der Waals surface area contributed by atoms with Crippen molar-refractivity contribution in [1.29, 1.82) is 0 Å². The lowest BCUT2D eigenvalue weighted by Crippen LogP contribution is -2.13. The number of hydrogen-bond acceptors (Lipinski definition) is 3. The number of carboxylic acid groups (broad SMARTS) is 1. The van der Waals surface area contributed by atoms with E-state index in [1.807, 2.05) is 0 Å². The molecule has 0 spiro atoms. The van der Waals surface area contributed by atoms with Crippen molar-refractivity contribution >= 4 is 27.4 Å². The molecule has 0 bridgehead atoms. The average Bonchev–Trinajstić information content (AvgIpc) is 3.24. The van der Waals surface area contributed by atoms with E-state index >= 15 is 0 Å². The van der Waals surface area contributed by atoms with Crippen molar-refractivity contribution in [3.05, 3.63) is 64.9 Å². The molecule has 0 amide bonds. The number of halogens is 2. The fraction of sp³-hybridized carbons (Fsp3) is 0.188. The smallest absolute Gasteiger partial charge is 0.308 e. The predicted octanol–water partition coefficient (Wildman–Crippen LogP) is 3.12. The van der Waals surface area contributed by atoms with Crippen LogP contribution in [0.15, 0.2) is 53.4 Å². The Balaban J connectivity index is 2.00. The van der Waals surface area contributed by atoms with Gasteiger partial charge in [0.25, 0.3) is 0 Å². The van der Waals surface area contributed by atoms with Crippen LogP contribution in [0.2, 0.25) is 5.02 Å². The first-order valence-electron chi connectivity index (χ1n) is 6.80. The molecule has 0 radical (unpaired) electrons. The first kappa shape index (κ1) is 16.0. The molecule has 1 aliphatic carbocycles. The van der Waals surface area contributed by atoms with E-state index in [4.69, 9.17) is 11.6 Å². The van der Waals surface area contributed by atoms with Gasteiger partial charge >= 0.3 is 5.97 Å². The number of rotatable bonds is 4. The molecule has 120 valence electrons. The van der Waals surface area contributed by atoms with E-state index in [2.05, 4.69) is 0 Å². The Bertz CT molecular complexity index is 864. The van der Waals surface area contributed by atoms with Gasteiger partial charge in [-0.2, -0.15) is 0 Å². The lowest BCUT2D eigenvalue weighted by molar-refractivity contribution is -0.138. The second-order valence-corrected chi connectivity index (χ2v) is 7.95. The maximum absolute atomic E-state index is 13.4. The van der Waals surface area contributed by atoms with E-state index in [1.165, 1.54) is 42.5 Å². The first-order valence-corrected chi connectivity index (χ1v) is 8.72. The van der Waals surface area contributed by atoms with Crippen molar-refractivity contribution in [3.8, 4) is 0 Å². The Hall–Kier alpha value is -1.92. The Kier molecular flexibility index (Phi) is 3.90. The molecule has 7 heteroatoms. The Morgan fingerprint density at radius 1 is 1.13 bits per heavy atom. The van der Waals surface area contributed by atoms with Gasteiger partial charge in [-0.25, -0.2) is 12.8 Å². The molecule has 0 unspecified atom stereocenters. The SMILES string of the molecule is O=C(O)[C@@H]1[C@@H](c2cccc(F)c2)[C@@H]1S(=O)(=O)c1ccc(Cl)cc1. The molecule has 0 saturated heterocycles. The van der Waals surface area contributed by atoms with Crippen molar-refractivity contribution in [3.63, 3.8) is 0 Å². The van der Waals surface area contributed by atoms with Gasteiger partial charge < -0.3 is 5.11 Å². The number of aliphatic carboxylic acids is 1. The summed E-state index contributed by atoms with van der Waals surface area (Å²) in [6, 6.07) is 10.9. The maximum Gasteiger partial charge on any atom is 0.308 e. The second kappa shape index (κ2) is 5.62. The van der Waals surface area contributed by atoms with Crippen molar-refractivity contribution < 1.29 is 22.7 Å². The van der Waals surface area contributed by atoms with Crippen LogP contribution in [0.25, 0.3) is 0 Å². The minimum Gasteiger partial charge on any atom is -0.481 e. The van der Waals surface area contributed by atoms with Crippen molar-refractivity contribution in [2.75, 3.05) is 0 Å². The fourth-order valence-electron chi connectivity index (χ4n) is 2.86.